The van der Waals surface area contributed by atoms with E-state index in [0.717, 1.165) is 5.56 Å². The van der Waals surface area contributed by atoms with Crippen LogP contribution in [-0.4, -0.2) is 40.7 Å². The van der Waals surface area contributed by atoms with Crippen molar-refractivity contribution in [2.45, 2.75) is 12.5 Å². The van der Waals surface area contributed by atoms with E-state index in [2.05, 4.69) is 5.32 Å². The molecule has 1 unspecified atom stereocenters. The van der Waals surface area contributed by atoms with Gasteiger partial charge < -0.3 is 10.1 Å². The molecule has 0 spiro atoms. The zero-order valence-electron chi connectivity index (χ0n) is 10.9. The van der Waals surface area contributed by atoms with E-state index in [9.17, 15) is 8.42 Å². The van der Waals surface area contributed by atoms with Crippen LogP contribution in [0.25, 0.3) is 0 Å². The van der Waals surface area contributed by atoms with Crippen LogP contribution in [0.15, 0.2) is 30.3 Å². The Morgan fingerprint density at radius 2 is 1.94 bits per heavy atom. The van der Waals surface area contributed by atoms with E-state index in [1.807, 2.05) is 30.3 Å². The van der Waals surface area contributed by atoms with E-state index in [-0.39, 0.29) is 17.5 Å². The lowest BCUT2D eigenvalue weighted by atomic mass is 10.1. The van der Waals surface area contributed by atoms with E-state index in [1.165, 1.54) is 0 Å². The molecule has 5 heteroatoms. The lowest BCUT2D eigenvalue weighted by Gasteiger charge is -2.16. The number of rotatable bonds is 8. The molecule has 0 bridgehead atoms. The van der Waals surface area contributed by atoms with Crippen molar-refractivity contribution in [3.8, 4) is 0 Å². The lowest BCUT2D eigenvalue weighted by molar-refractivity contribution is 0.199. The second kappa shape index (κ2) is 7.51. The molecule has 102 valence electrons. The maximum atomic E-state index is 12.0. The van der Waals surface area contributed by atoms with Crippen LogP contribution in [0, 0.1) is 0 Å². The first-order chi connectivity index (χ1) is 8.59. The van der Waals surface area contributed by atoms with Gasteiger partial charge in [-0.3, -0.25) is 0 Å². The van der Waals surface area contributed by atoms with Gasteiger partial charge in [0.2, 0.25) is 0 Å². The van der Waals surface area contributed by atoms with E-state index in [0.29, 0.717) is 13.0 Å². The summed E-state index contributed by atoms with van der Waals surface area (Å²) < 4.78 is 28.8. The van der Waals surface area contributed by atoms with Crippen molar-refractivity contribution in [2.24, 2.45) is 0 Å². The zero-order chi connectivity index (χ0) is 13.4. The molecule has 1 atom stereocenters. The molecule has 1 aromatic carbocycles. The Kier molecular flexibility index (Phi) is 6.32. The van der Waals surface area contributed by atoms with E-state index >= 15 is 0 Å². The average Bonchev–Trinajstić information content (AvgIpc) is 2.37. The van der Waals surface area contributed by atoms with Crippen molar-refractivity contribution in [3.05, 3.63) is 35.9 Å². The standard InChI is InChI=1S/C13H21NO3S/c1-14-13(12-7-4-3-5-8-12)11-18(15,16)10-6-9-17-2/h3-5,7-8,13-14H,6,9-11H2,1-2H3. The summed E-state index contributed by atoms with van der Waals surface area (Å²) in [5.74, 6) is 0.295. The molecule has 4 nitrogen and oxygen atoms in total. The highest BCUT2D eigenvalue weighted by Crippen LogP contribution is 2.15. The average molecular weight is 271 g/mol. The Balaban J connectivity index is 2.63. The fourth-order valence-electron chi connectivity index (χ4n) is 1.79. The summed E-state index contributed by atoms with van der Waals surface area (Å²) in [6.07, 6.45) is 0.546. The van der Waals surface area contributed by atoms with Gasteiger partial charge in [-0.2, -0.15) is 0 Å². The van der Waals surface area contributed by atoms with Gasteiger partial charge in [-0.1, -0.05) is 30.3 Å². The Labute approximate surface area is 109 Å². The Hall–Kier alpha value is -0.910. The number of sulfone groups is 1. The molecular weight excluding hydrogens is 250 g/mol. The van der Waals surface area contributed by atoms with Crippen LogP contribution in [0.1, 0.15) is 18.0 Å². The monoisotopic (exact) mass is 271 g/mol. The number of ether oxygens (including phenoxy) is 1. The summed E-state index contributed by atoms with van der Waals surface area (Å²) in [7, 11) is 0.301. The highest BCUT2D eigenvalue weighted by Gasteiger charge is 2.18. The van der Waals surface area contributed by atoms with Gasteiger partial charge in [0, 0.05) is 19.8 Å². The van der Waals surface area contributed by atoms with Gasteiger partial charge in [0.15, 0.2) is 9.84 Å². The third kappa shape index (κ3) is 5.16. The van der Waals surface area contributed by atoms with Crippen LogP contribution in [0.2, 0.25) is 0 Å². The van der Waals surface area contributed by atoms with Crippen molar-refractivity contribution in [1.29, 1.82) is 0 Å². The summed E-state index contributed by atoms with van der Waals surface area (Å²) in [4.78, 5) is 0. The molecule has 0 saturated heterocycles. The first-order valence-electron chi connectivity index (χ1n) is 6.00. The van der Waals surface area contributed by atoms with Crippen LogP contribution in [-0.2, 0) is 14.6 Å². The molecule has 0 aromatic heterocycles. The van der Waals surface area contributed by atoms with Gasteiger partial charge in [0.25, 0.3) is 0 Å². The number of hydrogen-bond donors (Lipinski definition) is 1. The smallest absolute Gasteiger partial charge is 0.152 e. The molecule has 1 N–H and O–H groups in total. The summed E-state index contributed by atoms with van der Waals surface area (Å²) in [6, 6.07) is 9.47. The minimum atomic E-state index is -3.06. The second-order valence-electron chi connectivity index (χ2n) is 4.21. The number of benzene rings is 1. The Morgan fingerprint density at radius 1 is 1.28 bits per heavy atom. The predicted molar refractivity (Wildman–Crippen MR) is 73.4 cm³/mol. The van der Waals surface area contributed by atoms with Gasteiger partial charge in [-0.15, -0.1) is 0 Å². The summed E-state index contributed by atoms with van der Waals surface area (Å²) >= 11 is 0. The summed E-state index contributed by atoms with van der Waals surface area (Å²) in [5, 5.41) is 3.05. The van der Waals surface area contributed by atoms with Gasteiger partial charge in [0.05, 0.1) is 11.5 Å². The fourth-order valence-corrected chi connectivity index (χ4v) is 3.38. The minimum absolute atomic E-state index is 0.122. The molecule has 0 saturated carbocycles. The molecule has 0 aliphatic rings. The molecule has 0 fully saturated rings. The molecular formula is C13H21NO3S. The minimum Gasteiger partial charge on any atom is -0.385 e. The van der Waals surface area contributed by atoms with Gasteiger partial charge in [0.1, 0.15) is 0 Å². The topological polar surface area (TPSA) is 55.4 Å². The maximum Gasteiger partial charge on any atom is 0.152 e. The largest absolute Gasteiger partial charge is 0.385 e. The van der Waals surface area contributed by atoms with Crippen molar-refractivity contribution in [1.82, 2.24) is 5.32 Å². The van der Waals surface area contributed by atoms with Gasteiger partial charge >= 0.3 is 0 Å². The van der Waals surface area contributed by atoms with E-state index in [1.54, 1.807) is 14.2 Å². The fraction of sp³-hybridized carbons (Fsp3) is 0.538. The van der Waals surface area contributed by atoms with Crippen molar-refractivity contribution < 1.29 is 13.2 Å². The molecule has 0 aliphatic carbocycles. The van der Waals surface area contributed by atoms with Crippen LogP contribution >= 0.6 is 0 Å². The highest BCUT2D eigenvalue weighted by atomic mass is 32.2. The molecule has 0 radical (unpaired) electrons. The van der Waals surface area contributed by atoms with Crippen LogP contribution < -0.4 is 5.32 Å². The molecule has 0 heterocycles. The first kappa shape index (κ1) is 15.1. The molecule has 0 amide bonds. The van der Waals surface area contributed by atoms with Crippen molar-refractivity contribution >= 4 is 9.84 Å². The summed E-state index contributed by atoms with van der Waals surface area (Å²) in [5.41, 5.74) is 0.996. The zero-order valence-corrected chi connectivity index (χ0v) is 11.7. The van der Waals surface area contributed by atoms with Crippen molar-refractivity contribution in [3.63, 3.8) is 0 Å². The molecule has 1 rings (SSSR count). The first-order valence-corrected chi connectivity index (χ1v) is 7.83. The van der Waals surface area contributed by atoms with Gasteiger partial charge in [-0.05, 0) is 19.0 Å². The summed E-state index contributed by atoms with van der Waals surface area (Å²) in [6.45, 7) is 0.481. The third-order valence-electron chi connectivity index (χ3n) is 2.77. The third-order valence-corrected chi connectivity index (χ3v) is 4.53. The van der Waals surface area contributed by atoms with Crippen molar-refractivity contribution in [2.75, 3.05) is 32.3 Å². The molecule has 18 heavy (non-hydrogen) atoms. The Bertz CT molecular complexity index is 431. The second-order valence-corrected chi connectivity index (χ2v) is 6.44. The van der Waals surface area contributed by atoms with E-state index < -0.39 is 9.84 Å². The van der Waals surface area contributed by atoms with E-state index in [4.69, 9.17) is 4.74 Å². The van der Waals surface area contributed by atoms with Crippen LogP contribution in [0.4, 0.5) is 0 Å². The number of methoxy groups -OCH3 is 1. The van der Waals surface area contributed by atoms with Crippen LogP contribution in [0.5, 0.6) is 0 Å². The van der Waals surface area contributed by atoms with Gasteiger partial charge in [-0.25, -0.2) is 8.42 Å². The van der Waals surface area contributed by atoms with Crippen LogP contribution in [0.3, 0.4) is 0 Å². The SMILES string of the molecule is CNC(CS(=O)(=O)CCCOC)c1ccccc1. The number of nitrogens with one attached hydrogen (secondary N) is 1. The molecule has 1 aromatic rings. The predicted octanol–water partition coefficient (Wildman–Crippen LogP) is 1.40. The maximum absolute atomic E-state index is 12.0. The molecule has 0 aliphatic heterocycles. The normalized spacial score (nSPS) is 13.4. The highest BCUT2D eigenvalue weighted by molar-refractivity contribution is 7.91. The quantitative estimate of drug-likeness (QED) is 0.726. The lowest BCUT2D eigenvalue weighted by Crippen LogP contribution is -2.27. The number of hydrogen-bond acceptors (Lipinski definition) is 4. The Morgan fingerprint density at radius 3 is 2.50 bits per heavy atom.